The second-order valence-electron chi connectivity index (χ2n) is 4.89. The lowest BCUT2D eigenvalue weighted by Crippen LogP contribution is -2.16. The first-order valence-electron chi connectivity index (χ1n) is 6.23. The van der Waals surface area contributed by atoms with Crippen molar-refractivity contribution in [2.45, 2.75) is 10.8 Å². The van der Waals surface area contributed by atoms with Gasteiger partial charge in [0, 0.05) is 25.9 Å². The topological polar surface area (TPSA) is 80.5 Å². The molecule has 6 nitrogen and oxygen atoms in total. The van der Waals surface area contributed by atoms with E-state index < -0.39 is 14.8 Å². The van der Waals surface area contributed by atoms with Crippen molar-refractivity contribution >= 4 is 55.1 Å². The number of hydrogen-bond donors (Lipinski definition) is 0. The van der Waals surface area contributed by atoms with Gasteiger partial charge in [0.05, 0.1) is 15.0 Å². The number of nitro groups is 1. The Labute approximate surface area is 147 Å². The van der Waals surface area contributed by atoms with E-state index in [9.17, 15) is 18.5 Å². The summed E-state index contributed by atoms with van der Waals surface area (Å²) < 4.78 is 23.2. The Balaban J connectivity index is 2.38. The van der Waals surface area contributed by atoms with Crippen LogP contribution in [0.1, 0.15) is 5.56 Å². The third kappa shape index (κ3) is 4.14. The Morgan fingerprint density at radius 3 is 2.43 bits per heavy atom. The van der Waals surface area contributed by atoms with Gasteiger partial charge in [-0.2, -0.15) is 0 Å². The molecule has 0 amide bonds. The molecule has 0 fully saturated rings. The van der Waals surface area contributed by atoms with Crippen molar-refractivity contribution in [3.05, 3.63) is 50.0 Å². The minimum atomic E-state index is -3.51. The maximum absolute atomic E-state index is 11.6. The smallest absolute Gasteiger partial charge is 0.305 e. The Morgan fingerprint density at radius 2 is 1.91 bits per heavy atom. The van der Waals surface area contributed by atoms with E-state index in [2.05, 4.69) is 0 Å². The van der Waals surface area contributed by atoms with Crippen molar-refractivity contribution in [1.82, 2.24) is 0 Å². The monoisotopic (exact) mass is 394 g/mol. The van der Waals surface area contributed by atoms with Crippen LogP contribution in [0.25, 0.3) is 0 Å². The highest BCUT2D eigenvalue weighted by Crippen LogP contribution is 2.40. The van der Waals surface area contributed by atoms with Crippen LogP contribution >= 0.6 is 34.5 Å². The molecule has 0 aliphatic rings. The summed E-state index contributed by atoms with van der Waals surface area (Å²) in [6.07, 6.45) is 1.02. The van der Waals surface area contributed by atoms with Crippen LogP contribution in [0.3, 0.4) is 0 Å². The highest BCUT2D eigenvalue weighted by Gasteiger charge is 2.26. The lowest BCUT2D eigenvalue weighted by molar-refractivity contribution is -0.383. The van der Waals surface area contributed by atoms with Gasteiger partial charge in [0.1, 0.15) is 4.21 Å². The van der Waals surface area contributed by atoms with Crippen LogP contribution in [0.4, 0.5) is 10.7 Å². The molecule has 0 N–H and O–H groups in total. The van der Waals surface area contributed by atoms with Crippen LogP contribution in [0.15, 0.2) is 28.5 Å². The highest BCUT2D eigenvalue weighted by atomic mass is 35.5. The molecule has 0 saturated heterocycles. The number of thiophene rings is 1. The summed E-state index contributed by atoms with van der Waals surface area (Å²) in [5, 5.41) is 12.2. The van der Waals surface area contributed by atoms with Gasteiger partial charge in [-0.15, -0.1) is 0 Å². The van der Waals surface area contributed by atoms with Crippen LogP contribution < -0.4 is 4.90 Å². The van der Waals surface area contributed by atoms with Crippen LogP contribution in [0.5, 0.6) is 0 Å². The Bertz CT molecular complexity index is 865. The molecule has 2 aromatic rings. The van der Waals surface area contributed by atoms with Crippen molar-refractivity contribution in [2.75, 3.05) is 18.2 Å². The molecule has 0 spiro atoms. The molecule has 23 heavy (non-hydrogen) atoms. The van der Waals surface area contributed by atoms with Gasteiger partial charge in [-0.3, -0.25) is 10.1 Å². The van der Waals surface area contributed by atoms with E-state index in [0.29, 0.717) is 16.6 Å². The van der Waals surface area contributed by atoms with Gasteiger partial charge in [0.25, 0.3) is 0 Å². The molecule has 10 heteroatoms. The average molecular weight is 395 g/mol. The Morgan fingerprint density at radius 1 is 1.26 bits per heavy atom. The van der Waals surface area contributed by atoms with E-state index in [1.807, 2.05) is 0 Å². The summed E-state index contributed by atoms with van der Waals surface area (Å²) in [4.78, 5) is 12.2. The number of halogens is 2. The zero-order valence-corrected chi connectivity index (χ0v) is 15.3. The van der Waals surface area contributed by atoms with E-state index in [0.717, 1.165) is 29.2 Å². The quantitative estimate of drug-likeness (QED) is 0.565. The largest absolute Gasteiger partial charge is 0.357 e. The number of hydrogen-bond acceptors (Lipinski definition) is 6. The maximum atomic E-state index is 11.6. The van der Waals surface area contributed by atoms with Crippen LogP contribution in [-0.4, -0.2) is 26.6 Å². The minimum Gasteiger partial charge on any atom is -0.357 e. The van der Waals surface area contributed by atoms with Crippen LogP contribution in [0.2, 0.25) is 10.0 Å². The second kappa shape index (κ2) is 6.64. The molecule has 1 aromatic heterocycles. The fourth-order valence-corrected chi connectivity index (χ4v) is 4.23. The van der Waals surface area contributed by atoms with Gasteiger partial charge in [-0.1, -0.05) is 40.6 Å². The predicted octanol–water partition coefficient (Wildman–Crippen LogP) is 4.00. The Hall–Kier alpha value is -1.35. The van der Waals surface area contributed by atoms with Crippen molar-refractivity contribution in [2.24, 2.45) is 0 Å². The van der Waals surface area contributed by atoms with Gasteiger partial charge in [-0.25, -0.2) is 8.42 Å². The number of benzene rings is 1. The molecule has 0 atom stereocenters. The van der Waals surface area contributed by atoms with Crippen molar-refractivity contribution in [3.8, 4) is 0 Å². The highest BCUT2D eigenvalue weighted by molar-refractivity contribution is 7.92. The van der Waals surface area contributed by atoms with Gasteiger partial charge >= 0.3 is 5.69 Å². The number of rotatable bonds is 5. The third-order valence-electron chi connectivity index (χ3n) is 2.98. The average Bonchev–Trinajstić information content (AvgIpc) is 2.88. The molecular formula is C13H12Cl2N2O4S2. The van der Waals surface area contributed by atoms with Crippen LogP contribution in [-0.2, 0) is 16.4 Å². The zero-order valence-electron chi connectivity index (χ0n) is 12.1. The van der Waals surface area contributed by atoms with E-state index in [4.69, 9.17) is 23.2 Å². The fraction of sp³-hybridized carbons (Fsp3) is 0.231. The van der Waals surface area contributed by atoms with E-state index in [1.165, 1.54) is 0 Å². The molecular weight excluding hydrogens is 383 g/mol. The summed E-state index contributed by atoms with van der Waals surface area (Å²) >= 11 is 12.7. The maximum Gasteiger partial charge on any atom is 0.305 e. The molecule has 0 saturated carbocycles. The number of anilines is 1. The summed E-state index contributed by atoms with van der Waals surface area (Å²) in [6.45, 7) is 0.321. The standard InChI is InChI=1S/C13H12Cl2N2O4S2/c1-16(7-8-3-4-9(14)10(15)5-8)13-11(17(18)19)6-12(22-13)23(2,20)21/h3-6H,7H2,1-2H3. The molecule has 1 heterocycles. The molecule has 0 aliphatic carbocycles. The van der Waals surface area contributed by atoms with Gasteiger partial charge in [0.15, 0.2) is 14.8 Å². The molecule has 1 aromatic carbocycles. The number of sulfone groups is 1. The molecule has 124 valence electrons. The first-order valence-corrected chi connectivity index (χ1v) is 9.69. The lowest BCUT2D eigenvalue weighted by Gasteiger charge is -2.17. The van der Waals surface area contributed by atoms with E-state index >= 15 is 0 Å². The van der Waals surface area contributed by atoms with Crippen molar-refractivity contribution < 1.29 is 13.3 Å². The molecule has 0 radical (unpaired) electrons. The van der Waals surface area contributed by atoms with E-state index in [-0.39, 0.29) is 14.9 Å². The molecule has 0 aliphatic heterocycles. The van der Waals surface area contributed by atoms with Crippen LogP contribution in [0, 0.1) is 10.1 Å². The number of nitrogens with zero attached hydrogens (tertiary/aromatic N) is 2. The van der Waals surface area contributed by atoms with Crippen molar-refractivity contribution in [1.29, 1.82) is 0 Å². The first-order chi connectivity index (χ1) is 10.6. The van der Waals surface area contributed by atoms with Gasteiger partial charge < -0.3 is 4.90 Å². The second-order valence-corrected chi connectivity index (χ2v) is 8.98. The summed E-state index contributed by atoms with van der Waals surface area (Å²) in [6, 6.07) is 6.14. The normalized spacial score (nSPS) is 11.5. The minimum absolute atomic E-state index is 0.0415. The van der Waals surface area contributed by atoms with Crippen molar-refractivity contribution in [3.63, 3.8) is 0 Å². The molecule has 0 unspecified atom stereocenters. The SMILES string of the molecule is CN(Cc1ccc(Cl)c(Cl)c1)c1sc(S(C)(=O)=O)cc1[N+](=O)[O-]. The predicted molar refractivity (Wildman–Crippen MR) is 92.7 cm³/mol. The molecule has 0 bridgehead atoms. The summed E-state index contributed by atoms with van der Waals surface area (Å²) in [5.41, 5.74) is 0.559. The Kier molecular flexibility index (Phi) is 5.20. The molecule has 2 rings (SSSR count). The van der Waals surface area contributed by atoms with Gasteiger partial charge in [0.2, 0.25) is 0 Å². The van der Waals surface area contributed by atoms with E-state index in [1.54, 1.807) is 30.1 Å². The third-order valence-corrected chi connectivity index (χ3v) is 6.76. The fourth-order valence-electron chi connectivity index (χ4n) is 1.92. The summed E-state index contributed by atoms with van der Waals surface area (Å²) in [7, 11) is -1.86. The zero-order chi connectivity index (χ0) is 17.4. The summed E-state index contributed by atoms with van der Waals surface area (Å²) in [5.74, 6) is 0. The van der Waals surface area contributed by atoms with Gasteiger partial charge in [-0.05, 0) is 17.7 Å². The lowest BCUT2D eigenvalue weighted by atomic mass is 10.2. The first kappa shape index (κ1) is 18.0.